The Morgan fingerprint density at radius 3 is 2.38 bits per heavy atom. The van der Waals surface area contributed by atoms with E-state index in [2.05, 4.69) is 47.3 Å². The fraction of sp³-hybridized carbons (Fsp3) is 0.721. The number of hydrogen-bond donors (Lipinski definition) is 0. The second-order valence-corrected chi connectivity index (χ2v) is 16.7. The van der Waals surface area contributed by atoms with Gasteiger partial charge in [-0.2, -0.15) is 0 Å². The first-order valence-electron chi connectivity index (χ1n) is 19.5. The Morgan fingerprint density at radius 1 is 0.896 bits per heavy atom. The van der Waals surface area contributed by atoms with Crippen molar-refractivity contribution in [3.8, 4) is 5.75 Å². The number of allylic oxidation sites excluding steroid dienone is 1. The first-order valence-corrected chi connectivity index (χ1v) is 19.5. The number of carbonyl (C=O) groups excluding carboxylic acids is 2. The van der Waals surface area contributed by atoms with Crippen molar-refractivity contribution >= 4 is 11.9 Å². The molecule has 5 nitrogen and oxygen atoms in total. The van der Waals surface area contributed by atoms with Crippen LogP contribution in [0.2, 0.25) is 0 Å². The molecule has 0 amide bonds. The number of unbranched alkanes of at least 4 members (excludes halogenated alkanes) is 3. The van der Waals surface area contributed by atoms with Crippen LogP contribution in [0.3, 0.4) is 0 Å². The Bertz CT molecular complexity index is 1260. The van der Waals surface area contributed by atoms with Crippen molar-refractivity contribution in [3.05, 3.63) is 54.1 Å². The summed E-state index contributed by atoms with van der Waals surface area (Å²) in [6.45, 7) is 17.0. The molecule has 0 aromatic heterocycles. The van der Waals surface area contributed by atoms with E-state index in [1.54, 1.807) is 5.57 Å². The molecule has 3 fully saturated rings. The molecule has 0 heterocycles. The third-order valence-corrected chi connectivity index (χ3v) is 13.3. The molecule has 1 aromatic rings. The summed E-state index contributed by atoms with van der Waals surface area (Å²) in [6, 6.07) is 7.37. The van der Waals surface area contributed by atoms with Crippen molar-refractivity contribution in [2.45, 2.75) is 137 Å². The fourth-order valence-electron chi connectivity index (χ4n) is 10.6. The predicted octanol–water partition coefficient (Wildman–Crippen LogP) is 10.9. The molecule has 0 bridgehead atoms. The Morgan fingerprint density at radius 2 is 1.65 bits per heavy atom. The van der Waals surface area contributed by atoms with Gasteiger partial charge in [0.25, 0.3) is 0 Å². The molecule has 3 saturated carbocycles. The van der Waals surface area contributed by atoms with Crippen molar-refractivity contribution in [3.63, 3.8) is 0 Å². The summed E-state index contributed by atoms with van der Waals surface area (Å²) >= 11 is 0. The maximum atomic E-state index is 13.2. The minimum Gasteiger partial charge on any atom is -0.494 e. The van der Waals surface area contributed by atoms with Gasteiger partial charge in [-0.05, 0) is 141 Å². The average molecular weight is 661 g/mol. The molecule has 0 spiro atoms. The number of ether oxygens (including phenoxy) is 3. The van der Waals surface area contributed by atoms with Crippen LogP contribution < -0.4 is 4.74 Å². The molecule has 4 aliphatic rings. The van der Waals surface area contributed by atoms with Crippen molar-refractivity contribution in [2.24, 2.45) is 46.3 Å². The molecule has 48 heavy (non-hydrogen) atoms. The van der Waals surface area contributed by atoms with Crippen LogP contribution in [0, 0.1) is 46.3 Å². The van der Waals surface area contributed by atoms with Crippen LogP contribution in [0.4, 0.5) is 0 Å². The Hall–Kier alpha value is -2.56. The zero-order valence-electron chi connectivity index (χ0n) is 30.8. The standard InChI is InChI=1S/C43H64O5/c1-7-40(44)47-28-11-9-8-10-27-46-34-18-15-32(16-19-34)41(45)48-35-23-25-42(5)33(29-35)17-20-36-38-22-21-37(31(4)14-12-13-30(2)3)43(38,6)26-24-39(36)42/h7,15-19,30-31,35-39H,1,8-14,20-29H2,2-6H3/t31-,35+,36+,37-,38+,39+,42+,43-/m1/s1. The summed E-state index contributed by atoms with van der Waals surface area (Å²) in [5.41, 5.74) is 2.92. The van der Waals surface area contributed by atoms with E-state index in [0.717, 1.165) is 86.2 Å². The van der Waals surface area contributed by atoms with Gasteiger partial charge in [0, 0.05) is 12.5 Å². The largest absolute Gasteiger partial charge is 0.494 e. The number of benzene rings is 1. The highest BCUT2D eigenvalue weighted by Gasteiger charge is 2.59. The van der Waals surface area contributed by atoms with Crippen LogP contribution in [0.5, 0.6) is 5.75 Å². The van der Waals surface area contributed by atoms with Gasteiger partial charge in [-0.1, -0.05) is 72.1 Å². The van der Waals surface area contributed by atoms with E-state index in [-0.39, 0.29) is 23.5 Å². The predicted molar refractivity (Wildman–Crippen MR) is 194 cm³/mol. The van der Waals surface area contributed by atoms with Crippen LogP contribution in [0.1, 0.15) is 141 Å². The lowest BCUT2D eigenvalue weighted by Crippen LogP contribution is -2.51. The molecule has 0 saturated heterocycles. The maximum absolute atomic E-state index is 13.2. The van der Waals surface area contributed by atoms with E-state index >= 15 is 0 Å². The number of hydrogen-bond acceptors (Lipinski definition) is 5. The van der Waals surface area contributed by atoms with Crippen molar-refractivity contribution in [1.82, 2.24) is 0 Å². The second kappa shape index (κ2) is 16.4. The highest BCUT2D eigenvalue weighted by molar-refractivity contribution is 5.89. The summed E-state index contributed by atoms with van der Waals surface area (Å²) in [5.74, 6) is 5.18. The van der Waals surface area contributed by atoms with E-state index in [4.69, 9.17) is 14.2 Å². The lowest BCUT2D eigenvalue weighted by Gasteiger charge is -2.58. The molecule has 0 radical (unpaired) electrons. The lowest BCUT2D eigenvalue weighted by molar-refractivity contribution is -0.137. The van der Waals surface area contributed by atoms with Gasteiger partial charge in [0.1, 0.15) is 11.9 Å². The maximum Gasteiger partial charge on any atom is 0.338 e. The normalized spacial score (nSPS) is 31.5. The topological polar surface area (TPSA) is 61.8 Å². The summed E-state index contributed by atoms with van der Waals surface area (Å²) in [4.78, 5) is 24.2. The number of carbonyl (C=O) groups is 2. The molecule has 1 aromatic carbocycles. The quantitative estimate of drug-likeness (QED) is 0.0764. The highest BCUT2D eigenvalue weighted by Crippen LogP contribution is 2.67. The van der Waals surface area contributed by atoms with E-state index in [9.17, 15) is 9.59 Å². The van der Waals surface area contributed by atoms with Crippen molar-refractivity contribution in [1.29, 1.82) is 0 Å². The minimum atomic E-state index is -0.367. The monoisotopic (exact) mass is 660 g/mol. The Kier molecular flexibility index (Phi) is 12.6. The van der Waals surface area contributed by atoms with E-state index in [0.29, 0.717) is 24.2 Å². The number of rotatable bonds is 16. The van der Waals surface area contributed by atoms with Crippen molar-refractivity contribution in [2.75, 3.05) is 13.2 Å². The Balaban J connectivity index is 1.08. The van der Waals surface area contributed by atoms with Crippen LogP contribution in [-0.4, -0.2) is 31.3 Å². The fourth-order valence-corrected chi connectivity index (χ4v) is 10.6. The zero-order valence-corrected chi connectivity index (χ0v) is 30.8. The van der Waals surface area contributed by atoms with E-state index < -0.39 is 0 Å². The molecule has 0 unspecified atom stereocenters. The van der Waals surface area contributed by atoms with Gasteiger partial charge in [0.15, 0.2) is 0 Å². The molecular weight excluding hydrogens is 596 g/mol. The molecule has 8 atom stereocenters. The smallest absolute Gasteiger partial charge is 0.338 e. The van der Waals surface area contributed by atoms with Gasteiger partial charge in [-0.25, -0.2) is 9.59 Å². The molecular formula is C43H64O5. The first-order chi connectivity index (χ1) is 23.0. The van der Waals surface area contributed by atoms with Gasteiger partial charge in [-0.15, -0.1) is 0 Å². The highest BCUT2D eigenvalue weighted by atomic mass is 16.5. The molecule has 5 rings (SSSR count). The second-order valence-electron chi connectivity index (χ2n) is 16.7. The SMILES string of the molecule is C=CC(=O)OCCCCCCOc1ccc(C(=O)O[C@H]2CC[C@@]3(C)C(=CC[C@H]4[C@@H]5CC[C@H]([C@H](C)CCCC(C)C)[C@@]5(C)CC[C@@H]43)C2)cc1. The van der Waals surface area contributed by atoms with Gasteiger partial charge >= 0.3 is 11.9 Å². The summed E-state index contributed by atoms with van der Waals surface area (Å²) in [6.07, 6.45) is 21.5. The van der Waals surface area contributed by atoms with Gasteiger partial charge in [0.2, 0.25) is 0 Å². The average Bonchev–Trinajstić information content (AvgIpc) is 3.43. The van der Waals surface area contributed by atoms with E-state index in [1.165, 1.54) is 57.4 Å². The van der Waals surface area contributed by atoms with Crippen LogP contribution >= 0.6 is 0 Å². The molecule has 4 aliphatic carbocycles. The minimum absolute atomic E-state index is 0.0407. The summed E-state index contributed by atoms with van der Waals surface area (Å²) in [7, 11) is 0. The third-order valence-electron chi connectivity index (χ3n) is 13.3. The van der Waals surface area contributed by atoms with Gasteiger partial charge in [0.05, 0.1) is 18.8 Å². The van der Waals surface area contributed by atoms with Crippen LogP contribution in [0.15, 0.2) is 48.6 Å². The number of fused-ring (bicyclic) bond motifs is 5. The van der Waals surface area contributed by atoms with Crippen LogP contribution in [-0.2, 0) is 14.3 Å². The van der Waals surface area contributed by atoms with Gasteiger partial charge in [-0.3, -0.25) is 0 Å². The summed E-state index contributed by atoms with van der Waals surface area (Å²) < 4.78 is 17.0. The Labute approximate surface area is 291 Å². The number of esters is 2. The zero-order chi connectivity index (χ0) is 34.3. The molecule has 5 heteroatoms. The van der Waals surface area contributed by atoms with Crippen LogP contribution in [0.25, 0.3) is 0 Å². The van der Waals surface area contributed by atoms with Crippen molar-refractivity contribution < 1.29 is 23.8 Å². The molecule has 0 aliphatic heterocycles. The molecule has 266 valence electrons. The van der Waals surface area contributed by atoms with Gasteiger partial charge < -0.3 is 14.2 Å². The lowest BCUT2D eigenvalue weighted by atomic mass is 9.47. The van der Waals surface area contributed by atoms with E-state index in [1.807, 2.05) is 24.3 Å². The first kappa shape index (κ1) is 36.7. The third kappa shape index (κ3) is 8.41. The molecule has 0 N–H and O–H groups in total. The summed E-state index contributed by atoms with van der Waals surface area (Å²) in [5, 5.41) is 0.